The summed E-state index contributed by atoms with van der Waals surface area (Å²) in [7, 11) is 0. The number of hydrogen-bond donors (Lipinski definition) is 0. The van der Waals surface area contributed by atoms with E-state index in [0.29, 0.717) is 30.7 Å². The molecule has 0 saturated heterocycles. The van der Waals surface area contributed by atoms with E-state index in [9.17, 15) is 4.39 Å². The average molecular weight is 353 g/mol. The number of fused-ring (bicyclic) bond motifs is 1. The van der Waals surface area contributed by atoms with E-state index in [1.165, 1.54) is 23.3 Å². The lowest BCUT2D eigenvalue weighted by molar-refractivity contribution is 0.120. The first-order valence-corrected chi connectivity index (χ1v) is 8.68. The van der Waals surface area contributed by atoms with E-state index in [1.54, 1.807) is 19.1 Å². The normalized spacial score (nSPS) is 17.1. The van der Waals surface area contributed by atoms with Crippen LogP contribution in [0.2, 0.25) is 0 Å². The molecule has 0 spiro atoms. The van der Waals surface area contributed by atoms with E-state index in [1.807, 2.05) is 0 Å². The van der Waals surface area contributed by atoms with Crippen molar-refractivity contribution in [3.05, 3.63) is 77.3 Å². The largest absolute Gasteiger partial charge is 0.492 e. The van der Waals surface area contributed by atoms with Crippen LogP contribution in [-0.2, 0) is 13.0 Å². The first-order chi connectivity index (χ1) is 12.7. The number of nitrogens with zero attached hydrogens (tertiary/aromatic N) is 3. The van der Waals surface area contributed by atoms with Gasteiger partial charge in [-0.1, -0.05) is 30.3 Å². The molecule has 6 heteroatoms. The van der Waals surface area contributed by atoms with Gasteiger partial charge in [-0.15, -0.1) is 10.2 Å². The molecule has 26 heavy (non-hydrogen) atoms. The second-order valence-electron chi connectivity index (χ2n) is 6.42. The summed E-state index contributed by atoms with van der Waals surface area (Å²) in [6.45, 7) is 3.71. The van der Waals surface area contributed by atoms with Crippen molar-refractivity contribution in [3.63, 3.8) is 0 Å². The zero-order chi connectivity index (χ0) is 17.9. The molecule has 3 aromatic rings. The van der Waals surface area contributed by atoms with Crippen molar-refractivity contribution in [2.24, 2.45) is 0 Å². The van der Waals surface area contributed by atoms with E-state index in [-0.39, 0.29) is 11.9 Å². The van der Waals surface area contributed by atoms with Gasteiger partial charge in [-0.2, -0.15) is 0 Å². The fourth-order valence-electron chi connectivity index (χ4n) is 3.34. The van der Waals surface area contributed by atoms with Crippen molar-refractivity contribution in [1.29, 1.82) is 0 Å². The highest BCUT2D eigenvalue weighted by Crippen LogP contribution is 2.32. The second-order valence-corrected chi connectivity index (χ2v) is 6.42. The van der Waals surface area contributed by atoms with Gasteiger partial charge in [0.1, 0.15) is 18.2 Å². The van der Waals surface area contributed by atoms with Gasteiger partial charge in [0.25, 0.3) is 0 Å². The Morgan fingerprint density at radius 2 is 2.00 bits per heavy atom. The van der Waals surface area contributed by atoms with Gasteiger partial charge >= 0.3 is 0 Å². The summed E-state index contributed by atoms with van der Waals surface area (Å²) in [5.41, 5.74) is 2.60. The lowest BCUT2D eigenvalue weighted by atomic mass is 9.94. The van der Waals surface area contributed by atoms with E-state index >= 15 is 0 Å². The predicted octanol–water partition coefficient (Wildman–Crippen LogP) is 3.70. The maximum atomic E-state index is 13.3. The average Bonchev–Trinajstić information content (AvgIpc) is 3.07. The summed E-state index contributed by atoms with van der Waals surface area (Å²) in [4.78, 5) is 2.27. The molecule has 5 nitrogen and oxygen atoms in total. The van der Waals surface area contributed by atoms with Gasteiger partial charge in [0, 0.05) is 26.1 Å². The SMILES string of the molecule is Cc1nnc([C@H]2Cc3ccccc3CN2CCOc2cccc(F)c2)o1. The fraction of sp³-hybridized carbons (Fsp3) is 0.300. The van der Waals surface area contributed by atoms with Crippen LogP contribution in [-0.4, -0.2) is 28.2 Å². The first kappa shape index (κ1) is 16.7. The zero-order valence-electron chi connectivity index (χ0n) is 14.6. The summed E-state index contributed by atoms with van der Waals surface area (Å²) in [6.07, 6.45) is 0.817. The van der Waals surface area contributed by atoms with Crippen molar-refractivity contribution < 1.29 is 13.5 Å². The van der Waals surface area contributed by atoms with E-state index in [4.69, 9.17) is 9.15 Å². The third-order valence-corrected chi connectivity index (χ3v) is 4.62. The monoisotopic (exact) mass is 353 g/mol. The molecule has 0 unspecified atom stereocenters. The summed E-state index contributed by atoms with van der Waals surface area (Å²) < 4.78 is 24.7. The molecule has 0 amide bonds. The quantitative estimate of drug-likeness (QED) is 0.700. The van der Waals surface area contributed by atoms with Gasteiger partial charge in [0.05, 0.1) is 6.04 Å². The van der Waals surface area contributed by atoms with Crippen LogP contribution in [0.1, 0.15) is 29.0 Å². The smallest absolute Gasteiger partial charge is 0.233 e. The van der Waals surface area contributed by atoms with E-state index in [2.05, 4.69) is 39.4 Å². The molecule has 0 aliphatic carbocycles. The first-order valence-electron chi connectivity index (χ1n) is 8.68. The number of aromatic nitrogens is 2. The molecule has 2 aromatic carbocycles. The van der Waals surface area contributed by atoms with Crippen molar-refractivity contribution in [2.45, 2.75) is 25.9 Å². The van der Waals surface area contributed by atoms with Crippen molar-refractivity contribution in [2.75, 3.05) is 13.2 Å². The molecule has 1 atom stereocenters. The molecule has 2 heterocycles. The van der Waals surface area contributed by atoms with Crippen molar-refractivity contribution in [1.82, 2.24) is 15.1 Å². The van der Waals surface area contributed by atoms with Gasteiger partial charge in [0.15, 0.2) is 0 Å². The minimum atomic E-state index is -0.298. The Bertz CT molecular complexity index is 896. The molecule has 4 rings (SSSR count). The number of rotatable bonds is 5. The van der Waals surface area contributed by atoms with Gasteiger partial charge in [-0.05, 0) is 29.7 Å². The highest BCUT2D eigenvalue weighted by molar-refractivity contribution is 5.31. The molecule has 0 radical (unpaired) electrons. The lowest BCUT2D eigenvalue weighted by Crippen LogP contribution is -2.37. The van der Waals surface area contributed by atoms with Gasteiger partial charge < -0.3 is 9.15 Å². The minimum absolute atomic E-state index is 0.0159. The fourth-order valence-corrected chi connectivity index (χ4v) is 3.34. The third-order valence-electron chi connectivity index (χ3n) is 4.62. The molecular formula is C20H20FN3O2. The lowest BCUT2D eigenvalue weighted by Gasteiger charge is -2.34. The Morgan fingerprint density at radius 3 is 2.77 bits per heavy atom. The number of aryl methyl sites for hydroxylation is 1. The minimum Gasteiger partial charge on any atom is -0.492 e. The van der Waals surface area contributed by atoms with Crippen LogP contribution in [0.3, 0.4) is 0 Å². The zero-order valence-corrected chi connectivity index (χ0v) is 14.6. The molecule has 134 valence electrons. The Labute approximate surface area is 151 Å². The highest BCUT2D eigenvalue weighted by atomic mass is 19.1. The molecule has 0 fully saturated rings. The Hall–Kier alpha value is -2.73. The topological polar surface area (TPSA) is 51.4 Å². The Balaban J connectivity index is 1.49. The standard InChI is InChI=1S/C20H20FN3O2/c1-14-22-23-20(26-14)19-11-15-5-2-3-6-16(15)13-24(19)9-10-25-18-8-4-7-17(21)12-18/h2-8,12,19H,9-11,13H2,1H3/t19-/m1/s1. The summed E-state index contributed by atoms with van der Waals surface area (Å²) in [5.74, 6) is 1.43. The molecule has 0 saturated carbocycles. The number of hydrogen-bond acceptors (Lipinski definition) is 5. The van der Waals surface area contributed by atoms with Crippen molar-refractivity contribution >= 4 is 0 Å². The predicted molar refractivity (Wildman–Crippen MR) is 94.2 cm³/mol. The molecule has 0 bridgehead atoms. The van der Waals surface area contributed by atoms with Crippen LogP contribution in [0.5, 0.6) is 5.75 Å². The van der Waals surface area contributed by atoms with Gasteiger partial charge in [-0.25, -0.2) is 4.39 Å². The second kappa shape index (κ2) is 7.25. The summed E-state index contributed by atoms with van der Waals surface area (Å²) in [6, 6.07) is 14.6. The highest BCUT2D eigenvalue weighted by Gasteiger charge is 2.30. The van der Waals surface area contributed by atoms with Crippen LogP contribution >= 0.6 is 0 Å². The number of benzene rings is 2. The van der Waals surface area contributed by atoms with Crippen molar-refractivity contribution in [3.8, 4) is 5.75 Å². The molecule has 1 aromatic heterocycles. The summed E-state index contributed by atoms with van der Waals surface area (Å²) in [5, 5.41) is 8.20. The Kier molecular flexibility index (Phi) is 4.67. The third kappa shape index (κ3) is 3.60. The van der Waals surface area contributed by atoms with Gasteiger partial charge in [0.2, 0.25) is 11.8 Å². The molecule has 1 aliphatic rings. The number of ether oxygens (including phenoxy) is 1. The maximum Gasteiger partial charge on any atom is 0.233 e. The Morgan fingerprint density at radius 1 is 1.15 bits per heavy atom. The van der Waals surface area contributed by atoms with Crippen LogP contribution in [0.4, 0.5) is 4.39 Å². The van der Waals surface area contributed by atoms with Crippen LogP contribution < -0.4 is 4.74 Å². The van der Waals surface area contributed by atoms with Crippen LogP contribution in [0.15, 0.2) is 52.9 Å². The molecule has 0 N–H and O–H groups in total. The summed E-state index contributed by atoms with van der Waals surface area (Å²) >= 11 is 0. The molecular weight excluding hydrogens is 333 g/mol. The molecule has 1 aliphatic heterocycles. The van der Waals surface area contributed by atoms with Crippen LogP contribution in [0, 0.1) is 12.7 Å². The van der Waals surface area contributed by atoms with E-state index < -0.39 is 0 Å². The van der Waals surface area contributed by atoms with E-state index in [0.717, 1.165) is 13.0 Å². The number of halogens is 1. The van der Waals surface area contributed by atoms with Gasteiger partial charge in [-0.3, -0.25) is 4.90 Å². The maximum absolute atomic E-state index is 13.3. The van der Waals surface area contributed by atoms with Crippen LogP contribution in [0.25, 0.3) is 0 Å².